The Morgan fingerprint density at radius 2 is 0.511 bits per heavy atom. The first-order valence-corrected chi connectivity index (χ1v) is 43.5. The summed E-state index contributed by atoms with van der Waals surface area (Å²) in [5.74, 6) is -5.55. The van der Waals surface area contributed by atoms with Crippen molar-refractivity contribution in [1.29, 1.82) is 0 Å². The molecule has 0 aliphatic heterocycles. The zero-order valence-electron chi connectivity index (χ0n) is 74.1. The molecule has 0 amide bonds. The van der Waals surface area contributed by atoms with Crippen molar-refractivity contribution in [1.82, 2.24) is 0 Å². The van der Waals surface area contributed by atoms with Gasteiger partial charge in [0.2, 0.25) is 0 Å². The fraction of sp³-hybridized carbons (Fsp3) is 0.142. The Morgan fingerprint density at radius 3 is 0.859 bits per heavy atom. The summed E-state index contributed by atoms with van der Waals surface area (Å²) in [6.45, 7) is 2.09. The van der Waals surface area contributed by atoms with Gasteiger partial charge in [0.15, 0.2) is 6.10 Å². The summed E-state index contributed by atoms with van der Waals surface area (Å²) < 4.78 is 60.5. The minimum absolute atomic E-state index is 0.0663. The van der Waals surface area contributed by atoms with E-state index in [2.05, 4.69) is 36.4 Å². The zero-order chi connectivity index (χ0) is 94.8. The van der Waals surface area contributed by atoms with Gasteiger partial charge in [0.05, 0.1) is 50.1 Å². The monoisotopic (exact) mass is 1800 g/mol. The van der Waals surface area contributed by atoms with E-state index in [1.165, 1.54) is 0 Å². The van der Waals surface area contributed by atoms with E-state index < -0.39 is 65.2 Å². The van der Waals surface area contributed by atoms with E-state index in [4.69, 9.17) is 52.1 Å². The van der Waals surface area contributed by atoms with Crippen molar-refractivity contribution in [3.8, 4) is 22.3 Å². The molecule has 0 saturated carbocycles. The third kappa shape index (κ3) is 29.2. The van der Waals surface area contributed by atoms with Crippen LogP contribution in [0.2, 0.25) is 0 Å². The second-order valence-electron chi connectivity index (χ2n) is 30.5. The van der Waals surface area contributed by atoms with E-state index in [1.54, 1.807) is 250 Å². The molecule has 680 valence electrons. The van der Waals surface area contributed by atoms with E-state index in [0.29, 0.717) is 62.9 Å². The number of carbonyl (C=O) groups is 11. The van der Waals surface area contributed by atoms with Gasteiger partial charge in [-0.25, -0.2) is 43.2 Å². The van der Waals surface area contributed by atoms with Gasteiger partial charge < -0.3 is 52.1 Å². The van der Waals surface area contributed by atoms with E-state index in [9.17, 15) is 52.7 Å². The number of esters is 11. The van der Waals surface area contributed by atoms with Gasteiger partial charge in [-0.1, -0.05) is 287 Å². The average Bonchev–Trinajstić information content (AvgIpc) is 0.760. The van der Waals surface area contributed by atoms with Gasteiger partial charge in [-0.05, 0) is 182 Å². The second kappa shape index (κ2) is 50.8. The molecule has 15 aromatic rings. The fourth-order valence-electron chi connectivity index (χ4n) is 13.7. The van der Waals surface area contributed by atoms with Crippen LogP contribution in [-0.2, 0) is 88.1 Å². The van der Waals surface area contributed by atoms with Crippen LogP contribution in [0.3, 0.4) is 0 Å². The van der Waals surface area contributed by atoms with E-state index in [0.717, 1.165) is 66.1 Å². The summed E-state index contributed by atoms with van der Waals surface area (Å²) in [4.78, 5) is 137. The van der Waals surface area contributed by atoms with Crippen LogP contribution in [0.4, 0.5) is 0 Å². The van der Waals surface area contributed by atoms with Gasteiger partial charge in [0, 0.05) is 18.4 Å². The van der Waals surface area contributed by atoms with Crippen molar-refractivity contribution in [2.24, 2.45) is 5.41 Å². The standard InChI is InChI=1S/C36H26O4.C33H28O8.C24H20O6.C20H22O4/c37-35(26-12-3-1-4-13-26)39-23-31-22-29-17-9-10-18-32(29)33(24-40-36(38)27-14-5-2-6-15-27)34(31)30-20-19-25-11-7-8-16-28(25)21-30;34-29(25-13-5-1-6-14-25)38-21-33(22-39-30(35)26-15-7-2-8-16-26,23-40-31(36)27-17-9-3-10-18-27)24-41-32(37)28-19-11-4-12-20-28;25-22(18-10-4-1-5-11-18)28-16-21(30-24(27)20-14-8-3-9-15-20)17-29-23(26)19-12-6-2-7-13-19;1-3-19(21)23-13-15-9-5-7-11-17(15)18-12-8-6-10-16(18)14-24-20(22)4-2/h1-22H,23-24H2;1-20H,21-24H2;1-15,21H,16-17H2;5-12H,3-4,13-14H2,1-2H3. The molecule has 0 heterocycles. The van der Waals surface area contributed by atoms with Crippen molar-refractivity contribution in [2.75, 3.05) is 39.6 Å². The maximum absolute atomic E-state index is 12.9. The average molecular weight is 1810 g/mol. The van der Waals surface area contributed by atoms with Gasteiger partial charge in [0.1, 0.15) is 71.5 Å². The maximum Gasteiger partial charge on any atom is 0.338 e. The molecular formula is C113H96O22. The Balaban J connectivity index is 0.000000165. The first-order valence-electron chi connectivity index (χ1n) is 43.5. The van der Waals surface area contributed by atoms with Gasteiger partial charge in [-0.3, -0.25) is 9.59 Å². The highest BCUT2D eigenvalue weighted by Crippen LogP contribution is 2.38. The normalized spacial score (nSPS) is 10.6. The number of hydrogen-bond acceptors (Lipinski definition) is 22. The maximum atomic E-state index is 12.9. The predicted octanol–water partition coefficient (Wildman–Crippen LogP) is 22.0. The summed E-state index contributed by atoms with van der Waals surface area (Å²) >= 11 is 0. The van der Waals surface area contributed by atoms with Gasteiger partial charge in [-0.2, -0.15) is 0 Å². The molecular weight excluding hydrogens is 1710 g/mol. The number of fused-ring (bicyclic) bond motifs is 2. The highest BCUT2D eigenvalue weighted by atomic mass is 16.6. The molecule has 0 saturated heterocycles. The Morgan fingerprint density at radius 1 is 0.237 bits per heavy atom. The van der Waals surface area contributed by atoms with Crippen molar-refractivity contribution < 1.29 is 105 Å². The molecule has 0 atom stereocenters. The van der Waals surface area contributed by atoms with E-state index >= 15 is 0 Å². The van der Waals surface area contributed by atoms with Crippen LogP contribution in [0, 0.1) is 5.41 Å². The lowest BCUT2D eigenvalue weighted by molar-refractivity contribution is -0.145. The van der Waals surface area contributed by atoms with Crippen LogP contribution in [-0.4, -0.2) is 111 Å². The summed E-state index contributed by atoms with van der Waals surface area (Å²) in [5.41, 5.74) is 9.18. The third-order valence-electron chi connectivity index (χ3n) is 20.9. The number of carbonyl (C=O) groups excluding carboxylic acids is 11. The van der Waals surface area contributed by atoms with Gasteiger partial charge in [-0.15, -0.1) is 0 Å². The first kappa shape index (κ1) is 97.1. The molecule has 135 heavy (non-hydrogen) atoms. The van der Waals surface area contributed by atoms with Crippen molar-refractivity contribution in [3.05, 3.63) is 467 Å². The van der Waals surface area contributed by atoms with Gasteiger partial charge >= 0.3 is 65.7 Å². The molecule has 0 aliphatic rings. The molecule has 0 radical (unpaired) electrons. The second-order valence-corrected chi connectivity index (χ2v) is 30.5. The van der Waals surface area contributed by atoms with E-state index in [-0.39, 0.29) is 78.0 Å². The van der Waals surface area contributed by atoms with Crippen LogP contribution >= 0.6 is 0 Å². The first-order chi connectivity index (χ1) is 65.9. The summed E-state index contributed by atoms with van der Waals surface area (Å²) in [6.07, 6.45) is -0.254. The number of benzene rings is 15. The van der Waals surface area contributed by atoms with Gasteiger partial charge in [0.25, 0.3) is 0 Å². The molecule has 22 nitrogen and oxygen atoms in total. The lowest BCUT2D eigenvalue weighted by Crippen LogP contribution is -2.44. The largest absolute Gasteiger partial charge is 0.461 e. The van der Waals surface area contributed by atoms with Crippen molar-refractivity contribution in [3.63, 3.8) is 0 Å². The highest BCUT2D eigenvalue weighted by Gasteiger charge is 2.39. The smallest absolute Gasteiger partial charge is 0.338 e. The summed E-state index contributed by atoms with van der Waals surface area (Å²) in [6, 6.07) is 117. The number of rotatable bonds is 34. The fourth-order valence-corrected chi connectivity index (χ4v) is 13.7. The molecule has 0 spiro atoms. The predicted molar refractivity (Wildman–Crippen MR) is 508 cm³/mol. The Labute approximate surface area is 780 Å². The number of hydrogen-bond donors (Lipinski definition) is 0. The molecule has 0 aromatic heterocycles. The minimum Gasteiger partial charge on any atom is -0.461 e. The molecule has 0 aliphatic carbocycles. The lowest BCUT2D eigenvalue weighted by Gasteiger charge is -2.31. The van der Waals surface area contributed by atoms with Crippen molar-refractivity contribution >= 4 is 87.2 Å². The van der Waals surface area contributed by atoms with Crippen LogP contribution in [0.25, 0.3) is 43.8 Å². The third-order valence-corrected chi connectivity index (χ3v) is 20.9. The molecule has 0 bridgehead atoms. The van der Waals surface area contributed by atoms with Crippen molar-refractivity contribution in [2.45, 2.75) is 59.2 Å². The Hall–Kier alpha value is -17.0. The number of ether oxygens (including phenoxy) is 11. The molecule has 15 aromatic carbocycles. The summed E-state index contributed by atoms with van der Waals surface area (Å²) in [5, 5.41) is 4.17. The molecule has 0 N–H and O–H groups in total. The van der Waals surface area contributed by atoms with Crippen LogP contribution in [0.15, 0.2) is 394 Å². The zero-order valence-corrected chi connectivity index (χ0v) is 74.1. The Kier molecular flexibility index (Phi) is 36.5. The SMILES string of the molecule is CCC(=O)OCc1ccccc1-c1ccccc1COC(=O)CC.O=C(OCC(COC(=O)c1ccccc1)(COC(=O)c1ccccc1)COC(=O)c1ccccc1)c1ccccc1.O=C(OCC(COC(=O)c1ccccc1)OC(=O)c1ccccc1)c1ccccc1.O=C(OCc1cc2ccccc2c(COC(=O)c2ccccc2)c1-c1ccc2ccccc2c1)c1ccccc1. The topological polar surface area (TPSA) is 289 Å². The Bertz CT molecular complexity index is 6120. The van der Waals surface area contributed by atoms with Crippen LogP contribution < -0.4 is 0 Å². The molecule has 22 heteroatoms. The van der Waals surface area contributed by atoms with Crippen LogP contribution in [0.5, 0.6) is 0 Å². The molecule has 0 unspecified atom stereocenters. The minimum atomic E-state index is -1.43. The summed E-state index contributed by atoms with van der Waals surface area (Å²) in [7, 11) is 0. The quantitative estimate of drug-likeness (QED) is 0.0267. The molecule has 15 rings (SSSR count). The van der Waals surface area contributed by atoms with E-state index in [1.807, 2.05) is 121 Å². The van der Waals surface area contributed by atoms with Crippen LogP contribution in [0.1, 0.15) is 142 Å². The molecule has 0 fully saturated rings. The highest BCUT2D eigenvalue weighted by molar-refractivity contribution is 5.99. The lowest BCUT2D eigenvalue weighted by atomic mass is 9.89.